The Labute approximate surface area is 155 Å². The fraction of sp³-hybridized carbons (Fsp3) is 0.250. The molecule has 0 N–H and O–H groups in total. The highest BCUT2D eigenvalue weighted by atomic mass is 35.5. The van der Waals surface area contributed by atoms with E-state index < -0.39 is 0 Å². The largest absolute Gasteiger partial charge is 0.451 e. The molecule has 3 aromatic rings. The number of benzene rings is 2. The van der Waals surface area contributed by atoms with E-state index in [9.17, 15) is 9.18 Å². The fourth-order valence-electron chi connectivity index (χ4n) is 3.25. The summed E-state index contributed by atoms with van der Waals surface area (Å²) >= 11 is 6.05. The van der Waals surface area contributed by atoms with Crippen LogP contribution in [0.2, 0.25) is 5.02 Å². The van der Waals surface area contributed by atoms with Gasteiger partial charge < -0.3 is 14.1 Å². The second-order valence-corrected chi connectivity index (χ2v) is 6.80. The van der Waals surface area contributed by atoms with E-state index >= 15 is 0 Å². The number of fused-ring (bicyclic) bond motifs is 1. The maximum absolute atomic E-state index is 13.1. The van der Waals surface area contributed by atoms with Crippen LogP contribution in [0.4, 0.5) is 4.39 Å². The van der Waals surface area contributed by atoms with Gasteiger partial charge in [-0.1, -0.05) is 23.7 Å². The zero-order chi connectivity index (χ0) is 18.3. The Kier molecular flexibility index (Phi) is 4.42. The molecule has 1 fully saturated rings. The third-order valence-electron chi connectivity index (χ3n) is 4.69. The van der Waals surface area contributed by atoms with Crippen LogP contribution in [-0.4, -0.2) is 30.5 Å². The molecule has 2 aromatic carbocycles. The van der Waals surface area contributed by atoms with Crippen molar-refractivity contribution in [2.45, 2.75) is 13.0 Å². The molecular formula is C20H17ClFNO3. The summed E-state index contributed by atoms with van der Waals surface area (Å²) in [6, 6.07) is 11.5. The second-order valence-electron chi connectivity index (χ2n) is 6.36. The lowest BCUT2D eigenvalue weighted by atomic mass is 10.1. The van der Waals surface area contributed by atoms with E-state index in [2.05, 4.69) is 0 Å². The summed E-state index contributed by atoms with van der Waals surface area (Å²) < 4.78 is 24.7. The highest BCUT2D eigenvalue weighted by molar-refractivity contribution is 6.31. The molecule has 0 bridgehead atoms. The number of rotatable bonds is 2. The van der Waals surface area contributed by atoms with Gasteiger partial charge in [-0.05, 0) is 42.8 Å². The number of amides is 1. The number of halogens is 2. The molecule has 0 saturated carbocycles. The number of morpholine rings is 1. The third kappa shape index (κ3) is 3.08. The van der Waals surface area contributed by atoms with Gasteiger partial charge in [0.05, 0.1) is 13.2 Å². The SMILES string of the molecule is Cc1c(C(=O)N2CCOC(c3ccc(F)cc3)C2)oc2ccc(Cl)cc12. The Morgan fingerprint density at radius 2 is 2.00 bits per heavy atom. The first-order chi connectivity index (χ1) is 12.5. The minimum Gasteiger partial charge on any atom is -0.451 e. The van der Waals surface area contributed by atoms with E-state index in [1.54, 1.807) is 35.2 Å². The smallest absolute Gasteiger partial charge is 0.290 e. The molecule has 4 nitrogen and oxygen atoms in total. The van der Waals surface area contributed by atoms with Crippen molar-refractivity contribution in [1.82, 2.24) is 4.90 Å². The van der Waals surface area contributed by atoms with E-state index in [1.807, 2.05) is 6.92 Å². The van der Waals surface area contributed by atoms with Crippen LogP contribution in [0.5, 0.6) is 0 Å². The first-order valence-corrected chi connectivity index (χ1v) is 8.76. The third-order valence-corrected chi connectivity index (χ3v) is 4.92. The summed E-state index contributed by atoms with van der Waals surface area (Å²) in [6.45, 7) is 3.14. The van der Waals surface area contributed by atoms with Crippen molar-refractivity contribution in [3.05, 3.63) is 70.2 Å². The van der Waals surface area contributed by atoms with Crippen LogP contribution in [0.1, 0.15) is 27.8 Å². The van der Waals surface area contributed by atoms with Crippen LogP contribution in [0.15, 0.2) is 46.9 Å². The summed E-state index contributed by atoms with van der Waals surface area (Å²) in [5.74, 6) is -0.152. The number of hydrogen-bond acceptors (Lipinski definition) is 3. The van der Waals surface area contributed by atoms with Crippen LogP contribution in [-0.2, 0) is 4.74 Å². The monoisotopic (exact) mass is 373 g/mol. The van der Waals surface area contributed by atoms with Gasteiger partial charge in [0.15, 0.2) is 5.76 Å². The highest BCUT2D eigenvalue weighted by Gasteiger charge is 2.29. The van der Waals surface area contributed by atoms with Gasteiger partial charge in [0.25, 0.3) is 5.91 Å². The minimum atomic E-state index is -0.297. The van der Waals surface area contributed by atoms with Gasteiger partial charge in [0, 0.05) is 22.5 Å². The number of aryl methyl sites for hydroxylation is 1. The van der Waals surface area contributed by atoms with Gasteiger partial charge >= 0.3 is 0 Å². The van der Waals surface area contributed by atoms with Crippen LogP contribution in [0.25, 0.3) is 11.0 Å². The van der Waals surface area contributed by atoms with E-state index in [0.717, 1.165) is 16.5 Å². The molecule has 1 aliphatic heterocycles. The predicted molar refractivity (Wildman–Crippen MR) is 97.0 cm³/mol. The van der Waals surface area contributed by atoms with Crippen LogP contribution < -0.4 is 0 Å². The number of nitrogens with zero attached hydrogens (tertiary/aromatic N) is 1. The Balaban J connectivity index is 1.60. The first-order valence-electron chi connectivity index (χ1n) is 8.38. The molecule has 1 saturated heterocycles. The molecule has 0 spiro atoms. The lowest BCUT2D eigenvalue weighted by Crippen LogP contribution is -2.42. The summed E-state index contributed by atoms with van der Waals surface area (Å²) in [7, 11) is 0. The average Bonchev–Trinajstić information content (AvgIpc) is 2.98. The second kappa shape index (κ2) is 6.74. The summed E-state index contributed by atoms with van der Waals surface area (Å²) in [4.78, 5) is 14.7. The molecule has 26 heavy (non-hydrogen) atoms. The fourth-order valence-corrected chi connectivity index (χ4v) is 3.43. The number of carbonyl (C=O) groups excluding carboxylic acids is 1. The molecule has 1 amide bonds. The molecular weight excluding hydrogens is 357 g/mol. The summed E-state index contributed by atoms with van der Waals surface area (Å²) in [6.07, 6.45) is -0.285. The van der Waals surface area contributed by atoms with Crippen molar-refractivity contribution in [2.24, 2.45) is 0 Å². The molecule has 0 radical (unpaired) electrons. The molecule has 134 valence electrons. The Hall–Kier alpha value is -2.37. The van der Waals surface area contributed by atoms with E-state index in [-0.39, 0.29) is 17.8 Å². The number of ether oxygens (including phenoxy) is 1. The molecule has 1 atom stereocenters. The summed E-state index contributed by atoms with van der Waals surface area (Å²) in [5, 5.41) is 1.44. The maximum Gasteiger partial charge on any atom is 0.290 e. The van der Waals surface area contributed by atoms with Gasteiger partial charge in [-0.15, -0.1) is 0 Å². The predicted octanol–water partition coefficient (Wildman–Crippen LogP) is 4.75. The standard InChI is InChI=1S/C20H17ClFNO3/c1-12-16-10-14(21)4-7-17(16)26-19(12)20(24)23-8-9-25-18(11-23)13-2-5-15(22)6-3-13/h2-7,10,18H,8-9,11H2,1H3. The lowest BCUT2D eigenvalue weighted by Gasteiger charge is -2.32. The van der Waals surface area contributed by atoms with Crippen molar-refractivity contribution in [3.63, 3.8) is 0 Å². The Morgan fingerprint density at radius 3 is 2.77 bits per heavy atom. The Bertz CT molecular complexity index is 967. The maximum atomic E-state index is 13.1. The van der Waals surface area contributed by atoms with Gasteiger partial charge in [0.1, 0.15) is 17.5 Å². The van der Waals surface area contributed by atoms with E-state index in [1.165, 1.54) is 12.1 Å². The van der Waals surface area contributed by atoms with Crippen LogP contribution in [0, 0.1) is 12.7 Å². The number of furan rings is 1. The number of carbonyl (C=O) groups is 1. The molecule has 0 aliphatic carbocycles. The van der Waals surface area contributed by atoms with E-state index in [4.69, 9.17) is 20.8 Å². The van der Waals surface area contributed by atoms with Gasteiger partial charge in [0.2, 0.25) is 0 Å². The van der Waals surface area contributed by atoms with Gasteiger partial charge in [-0.2, -0.15) is 0 Å². The van der Waals surface area contributed by atoms with Crippen LogP contribution >= 0.6 is 11.6 Å². The molecule has 1 aromatic heterocycles. The lowest BCUT2D eigenvalue weighted by molar-refractivity contribution is -0.0237. The molecule has 2 heterocycles. The average molecular weight is 374 g/mol. The van der Waals surface area contributed by atoms with Crippen molar-refractivity contribution in [1.29, 1.82) is 0 Å². The minimum absolute atomic E-state index is 0.176. The Morgan fingerprint density at radius 1 is 1.23 bits per heavy atom. The van der Waals surface area contributed by atoms with Crippen molar-refractivity contribution in [2.75, 3.05) is 19.7 Å². The molecule has 6 heteroatoms. The van der Waals surface area contributed by atoms with Crippen molar-refractivity contribution in [3.8, 4) is 0 Å². The van der Waals surface area contributed by atoms with E-state index in [0.29, 0.717) is 36.1 Å². The molecule has 1 unspecified atom stereocenters. The zero-order valence-corrected chi connectivity index (χ0v) is 14.9. The van der Waals surface area contributed by atoms with Crippen LogP contribution in [0.3, 0.4) is 0 Å². The molecule has 1 aliphatic rings. The first kappa shape index (κ1) is 17.1. The summed E-state index contributed by atoms with van der Waals surface area (Å²) in [5.41, 5.74) is 2.26. The number of hydrogen-bond donors (Lipinski definition) is 0. The zero-order valence-electron chi connectivity index (χ0n) is 14.2. The highest BCUT2D eigenvalue weighted by Crippen LogP contribution is 2.30. The topological polar surface area (TPSA) is 42.7 Å². The van der Waals surface area contributed by atoms with Gasteiger partial charge in [-0.25, -0.2) is 4.39 Å². The normalized spacial score (nSPS) is 17.7. The quantitative estimate of drug-likeness (QED) is 0.651. The van der Waals surface area contributed by atoms with Crippen molar-refractivity contribution < 1.29 is 18.3 Å². The van der Waals surface area contributed by atoms with Gasteiger partial charge in [-0.3, -0.25) is 4.79 Å². The van der Waals surface area contributed by atoms with Crippen molar-refractivity contribution >= 4 is 28.5 Å². The molecule has 4 rings (SSSR count).